The molecule has 0 bridgehead atoms. The number of rotatable bonds is 4. The maximum atomic E-state index is 11.9. The van der Waals surface area contributed by atoms with Crippen LogP contribution in [0.2, 0.25) is 0 Å². The third kappa shape index (κ3) is 3.73. The lowest BCUT2D eigenvalue weighted by Gasteiger charge is -2.17. The molecular weight excluding hydrogens is 266 g/mol. The Labute approximate surface area is 113 Å². The Bertz CT molecular complexity index is 524. The Morgan fingerprint density at radius 1 is 1.37 bits per heavy atom. The first kappa shape index (κ1) is 13.9. The van der Waals surface area contributed by atoms with Gasteiger partial charge in [-0.05, 0) is 18.6 Å². The number of urea groups is 1. The molecule has 2 amide bonds. The maximum Gasteiger partial charge on any atom is 0.317 e. The average molecular weight is 285 g/mol. The van der Waals surface area contributed by atoms with Crippen molar-refractivity contribution in [3.05, 3.63) is 24.5 Å². The third-order valence-electron chi connectivity index (χ3n) is 3.35. The molecule has 1 aromatic rings. The van der Waals surface area contributed by atoms with E-state index in [9.17, 15) is 13.2 Å². The first-order valence-electron chi connectivity index (χ1n) is 6.29. The molecule has 0 radical (unpaired) electrons. The van der Waals surface area contributed by atoms with E-state index in [1.807, 2.05) is 29.1 Å². The van der Waals surface area contributed by atoms with Crippen LogP contribution in [0.3, 0.4) is 0 Å². The van der Waals surface area contributed by atoms with E-state index in [0.29, 0.717) is 32.6 Å². The molecule has 19 heavy (non-hydrogen) atoms. The second-order valence-electron chi connectivity index (χ2n) is 4.84. The number of sulfone groups is 1. The standard InChI is InChI=1S/C12H19N3O3S/c1-19(17,18)11-4-8-15(10-11)12(16)13-5-9-14-6-2-3-7-14/h2-3,6-7,11H,4-5,8-10H2,1H3,(H,13,16). The lowest BCUT2D eigenvalue weighted by atomic mass is 10.4. The lowest BCUT2D eigenvalue weighted by molar-refractivity contribution is 0.208. The summed E-state index contributed by atoms with van der Waals surface area (Å²) in [4.78, 5) is 13.4. The minimum atomic E-state index is -3.05. The van der Waals surface area contributed by atoms with Gasteiger partial charge in [-0.15, -0.1) is 0 Å². The minimum absolute atomic E-state index is 0.182. The fourth-order valence-corrected chi connectivity index (χ4v) is 3.17. The van der Waals surface area contributed by atoms with Gasteiger partial charge in [0.15, 0.2) is 9.84 Å². The van der Waals surface area contributed by atoms with Crippen molar-refractivity contribution >= 4 is 15.9 Å². The van der Waals surface area contributed by atoms with E-state index in [1.54, 1.807) is 4.90 Å². The van der Waals surface area contributed by atoms with Crippen LogP contribution in [-0.4, -0.2) is 55.1 Å². The molecule has 106 valence electrons. The van der Waals surface area contributed by atoms with Gasteiger partial charge in [-0.3, -0.25) is 0 Å². The van der Waals surface area contributed by atoms with Crippen molar-refractivity contribution < 1.29 is 13.2 Å². The summed E-state index contributed by atoms with van der Waals surface area (Å²) >= 11 is 0. The summed E-state index contributed by atoms with van der Waals surface area (Å²) in [6, 6.07) is 3.68. The van der Waals surface area contributed by atoms with Crippen LogP contribution >= 0.6 is 0 Å². The molecule has 1 fully saturated rings. The van der Waals surface area contributed by atoms with Crippen molar-refractivity contribution in [1.29, 1.82) is 0 Å². The molecule has 1 aliphatic heterocycles. The first-order valence-corrected chi connectivity index (χ1v) is 8.24. The molecule has 1 saturated heterocycles. The van der Waals surface area contributed by atoms with Gasteiger partial charge in [-0.2, -0.15) is 0 Å². The number of carbonyl (C=O) groups excluding carboxylic acids is 1. The molecule has 7 heteroatoms. The molecular formula is C12H19N3O3S. The Morgan fingerprint density at radius 2 is 2.05 bits per heavy atom. The molecule has 0 saturated carbocycles. The number of hydrogen-bond donors (Lipinski definition) is 1. The molecule has 2 rings (SSSR count). The van der Waals surface area contributed by atoms with Gasteiger partial charge < -0.3 is 14.8 Å². The van der Waals surface area contributed by atoms with E-state index < -0.39 is 15.1 Å². The highest BCUT2D eigenvalue weighted by Crippen LogP contribution is 2.15. The summed E-state index contributed by atoms with van der Waals surface area (Å²) in [6.07, 6.45) is 5.62. The van der Waals surface area contributed by atoms with Gasteiger partial charge in [-0.25, -0.2) is 13.2 Å². The molecule has 6 nitrogen and oxygen atoms in total. The summed E-state index contributed by atoms with van der Waals surface area (Å²) in [7, 11) is -3.05. The summed E-state index contributed by atoms with van der Waals surface area (Å²) in [5, 5.41) is 2.39. The van der Waals surface area contributed by atoms with Gasteiger partial charge in [0.2, 0.25) is 0 Å². The van der Waals surface area contributed by atoms with Crippen molar-refractivity contribution in [2.75, 3.05) is 25.9 Å². The Morgan fingerprint density at radius 3 is 2.63 bits per heavy atom. The van der Waals surface area contributed by atoms with E-state index in [-0.39, 0.29) is 6.03 Å². The topological polar surface area (TPSA) is 71.4 Å². The largest absolute Gasteiger partial charge is 0.353 e. The number of nitrogens with zero attached hydrogens (tertiary/aromatic N) is 2. The van der Waals surface area contributed by atoms with E-state index in [4.69, 9.17) is 0 Å². The Balaban J connectivity index is 1.75. The van der Waals surface area contributed by atoms with Crippen molar-refractivity contribution in [3.63, 3.8) is 0 Å². The highest BCUT2D eigenvalue weighted by Gasteiger charge is 2.32. The fraction of sp³-hybridized carbons (Fsp3) is 0.583. The smallest absolute Gasteiger partial charge is 0.317 e. The van der Waals surface area contributed by atoms with Gasteiger partial charge in [0.25, 0.3) is 0 Å². The zero-order valence-corrected chi connectivity index (χ0v) is 11.8. The molecule has 1 unspecified atom stereocenters. The molecule has 0 aromatic carbocycles. The second kappa shape index (κ2) is 5.64. The van der Waals surface area contributed by atoms with Crippen LogP contribution in [0.15, 0.2) is 24.5 Å². The fourth-order valence-electron chi connectivity index (χ4n) is 2.19. The summed E-state index contributed by atoms with van der Waals surface area (Å²) < 4.78 is 24.8. The summed E-state index contributed by atoms with van der Waals surface area (Å²) in [5.74, 6) is 0. The number of hydrogen-bond acceptors (Lipinski definition) is 3. The molecule has 0 spiro atoms. The van der Waals surface area contributed by atoms with Crippen molar-refractivity contribution in [1.82, 2.24) is 14.8 Å². The first-order chi connectivity index (χ1) is 8.97. The van der Waals surface area contributed by atoms with Crippen LogP contribution in [0.1, 0.15) is 6.42 Å². The lowest BCUT2D eigenvalue weighted by Crippen LogP contribution is -2.40. The predicted molar refractivity (Wildman–Crippen MR) is 72.7 cm³/mol. The van der Waals surface area contributed by atoms with E-state index in [0.717, 1.165) is 0 Å². The number of nitrogens with one attached hydrogen (secondary N) is 1. The number of aromatic nitrogens is 1. The van der Waals surface area contributed by atoms with E-state index >= 15 is 0 Å². The quantitative estimate of drug-likeness (QED) is 0.866. The minimum Gasteiger partial charge on any atom is -0.353 e. The van der Waals surface area contributed by atoms with Gasteiger partial charge >= 0.3 is 6.03 Å². The molecule has 1 aliphatic rings. The number of carbonyl (C=O) groups is 1. The van der Waals surface area contributed by atoms with Crippen LogP contribution in [0, 0.1) is 0 Å². The molecule has 0 aliphatic carbocycles. The zero-order valence-electron chi connectivity index (χ0n) is 10.9. The normalized spacial score (nSPS) is 19.6. The van der Waals surface area contributed by atoms with Gasteiger partial charge in [0.05, 0.1) is 5.25 Å². The Hall–Kier alpha value is -1.50. The van der Waals surface area contributed by atoms with Gasteiger partial charge in [-0.1, -0.05) is 0 Å². The highest BCUT2D eigenvalue weighted by atomic mass is 32.2. The molecule has 1 N–H and O–H groups in total. The van der Waals surface area contributed by atoms with Gasteiger partial charge in [0, 0.05) is 44.8 Å². The molecule has 1 atom stereocenters. The SMILES string of the molecule is CS(=O)(=O)C1CCN(C(=O)NCCn2cccc2)C1. The van der Waals surface area contributed by atoms with Crippen LogP contribution in [0.5, 0.6) is 0 Å². The van der Waals surface area contributed by atoms with Crippen LogP contribution in [0.25, 0.3) is 0 Å². The maximum absolute atomic E-state index is 11.9. The monoisotopic (exact) mass is 285 g/mol. The van der Waals surface area contributed by atoms with Gasteiger partial charge in [0.1, 0.15) is 0 Å². The predicted octanol–water partition coefficient (Wildman–Crippen LogP) is 0.317. The van der Waals surface area contributed by atoms with E-state index in [2.05, 4.69) is 5.32 Å². The van der Waals surface area contributed by atoms with Crippen LogP contribution in [0.4, 0.5) is 4.79 Å². The summed E-state index contributed by atoms with van der Waals surface area (Å²) in [6.45, 7) is 2.05. The zero-order chi connectivity index (χ0) is 13.9. The molecule has 2 heterocycles. The van der Waals surface area contributed by atoms with Crippen molar-refractivity contribution in [2.24, 2.45) is 0 Å². The van der Waals surface area contributed by atoms with Crippen LogP contribution < -0.4 is 5.32 Å². The van der Waals surface area contributed by atoms with E-state index in [1.165, 1.54) is 6.26 Å². The highest BCUT2D eigenvalue weighted by molar-refractivity contribution is 7.91. The third-order valence-corrected chi connectivity index (χ3v) is 4.95. The number of likely N-dealkylation sites (tertiary alicyclic amines) is 1. The second-order valence-corrected chi connectivity index (χ2v) is 7.16. The average Bonchev–Trinajstić information content (AvgIpc) is 2.99. The van der Waals surface area contributed by atoms with Crippen molar-refractivity contribution in [2.45, 2.75) is 18.2 Å². The summed E-state index contributed by atoms with van der Waals surface area (Å²) in [5.41, 5.74) is 0. The van der Waals surface area contributed by atoms with Crippen LogP contribution in [-0.2, 0) is 16.4 Å². The Kier molecular flexibility index (Phi) is 4.14. The molecule has 1 aromatic heterocycles. The number of amides is 2. The van der Waals surface area contributed by atoms with Crippen molar-refractivity contribution in [3.8, 4) is 0 Å².